The molecule has 0 saturated carbocycles. The third-order valence-corrected chi connectivity index (χ3v) is 4.18. The number of ether oxygens (including phenoxy) is 3. The molecular weight excluding hydrogens is 394 g/mol. The van der Waals surface area contributed by atoms with E-state index >= 15 is 0 Å². The monoisotopic (exact) mass is 413 g/mol. The fraction of sp³-hybridized carbons (Fsp3) is 0.263. The Morgan fingerprint density at radius 3 is 2.63 bits per heavy atom. The molecule has 1 aliphatic heterocycles. The Morgan fingerprint density at radius 2 is 2.00 bits per heavy atom. The predicted molar refractivity (Wildman–Crippen MR) is 104 cm³/mol. The number of nitrogens with one attached hydrogen (secondary N) is 2. The number of H-pyrrole nitrogens is 1. The number of hydrazone groups is 1. The van der Waals surface area contributed by atoms with Crippen LogP contribution in [-0.4, -0.2) is 59.3 Å². The Balaban J connectivity index is 2.15. The maximum absolute atomic E-state index is 12.5. The number of aromatic amines is 1. The molecule has 3 rings (SSSR count). The predicted octanol–water partition coefficient (Wildman–Crippen LogP) is 0.623. The van der Waals surface area contributed by atoms with E-state index in [9.17, 15) is 14.4 Å². The molecule has 2 N–H and O–H groups in total. The van der Waals surface area contributed by atoms with Crippen LogP contribution in [0.5, 0.6) is 5.88 Å². The average Bonchev–Trinajstić information content (AvgIpc) is 3.29. The topological polar surface area (TPSA) is 145 Å². The Labute approximate surface area is 171 Å². The first-order valence-corrected chi connectivity index (χ1v) is 8.89. The quantitative estimate of drug-likeness (QED) is 0.496. The molecular formula is C19H19N5O6. The number of amides is 1. The van der Waals surface area contributed by atoms with Gasteiger partial charge < -0.3 is 19.2 Å². The highest BCUT2D eigenvalue weighted by atomic mass is 16.5. The second-order valence-corrected chi connectivity index (χ2v) is 5.95. The van der Waals surface area contributed by atoms with Crippen LogP contribution < -0.4 is 10.2 Å². The van der Waals surface area contributed by atoms with Crippen LogP contribution in [-0.2, 0) is 25.5 Å². The van der Waals surface area contributed by atoms with Crippen LogP contribution in [0.1, 0.15) is 34.2 Å². The van der Waals surface area contributed by atoms with Gasteiger partial charge in [0.1, 0.15) is 11.4 Å². The van der Waals surface area contributed by atoms with Gasteiger partial charge >= 0.3 is 11.9 Å². The van der Waals surface area contributed by atoms with Crippen LogP contribution in [0.4, 0.5) is 0 Å². The van der Waals surface area contributed by atoms with Gasteiger partial charge in [-0.2, -0.15) is 5.10 Å². The Morgan fingerprint density at radius 1 is 1.20 bits per heavy atom. The van der Waals surface area contributed by atoms with E-state index < -0.39 is 17.8 Å². The molecule has 0 aromatic carbocycles. The lowest BCUT2D eigenvalue weighted by atomic mass is 10.0. The van der Waals surface area contributed by atoms with Crippen molar-refractivity contribution >= 4 is 29.6 Å². The number of methoxy groups -OCH3 is 2. The normalized spacial score (nSPS) is 14.3. The number of rotatable bonds is 7. The standard InChI is InChI=1S/C19H19N5O6/c1-4-30-18-10(8-14(25)28-2)15(19(27)29-3)12(22-18)7-11-16(23-24-17(11)26)13-9-20-5-6-21-13/h5-7,9,22H,4,8H2,1-3H3,(H,24,26). The summed E-state index contributed by atoms with van der Waals surface area (Å²) in [6.45, 7) is 2.03. The van der Waals surface area contributed by atoms with Crippen molar-refractivity contribution in [2.75, 3.05) is 20.8 Å². The molecule has 11 heteroatoms. The molecule has 30 heavy (non-hydrogen) atoms. The summed E-state index contributed by atoms with van der Waals surface area (Å²) in [6.07, 6.45) is 5.61. The van der Waals surface area contributed by atoms with E-state index in [0.717, 1.165) is 0 Å². The second-order valence-electron chi connectivity index (χ2n) is 5.95. The van der Waals surface area contributed by atoms with Crippen molar-refractivity contribution in [3.63, 3.8) is 0 Å². The van der Waals surface area contributed by atoms with Gasteiger partial charge in [-0.05, 0) is 13.0 Å². The molecule has 0 saturated heterocycles. The highest BCUT2D eigenvalue weighted by molar-refractivity contribution is 6.32. The van der Waals surface area contributed by atoms with Crippen molar-refractivity contribution in [3.8, 4) is 5.88 Å². The maximum atomic E-state index is 12.5. The lowest BCUT2D eigenvalue weighted by molar-refractivity contribution is -0.139. The summed E-state index contributed by atoms with van der Waals surface area (Å²) in [5.74, 6) is -1.57. The molecule has 1 amide bonds. The first-order valence-electron chi connectivity index (χ1n) is 8.89. The minimum atomic E-state index is -0.709. The highest BCUT2D eigenvalue weighted by Crippen LogP contribution is 2.30. The van der Waals surface area contributed by atoms with Gasteiger partial charge in [-0.15, -0.1) is 0 Å². The van der Waals surface area contributed by atoms with Crippen LogP contribution >= 0.6 is 0 Å². The second kappa shape index (κ2) is 8.99. The molecule has 156 valence electrons. The molecule has 1 aliphatic rings. The van der Waals surface area contributed by atoms with Gasteiger partial charge in [-0.1, -0.05) is 0 Å². The lowest BCUT2D eigenvalue weighted by Gasteiger charge is -2.06. The summed E-state index contributed by atoms with van der Waals surface area (Å²) in [7, 11) is 2.45. The SMILES string of the molecule is CCOc1[nH]c(C=C2C(=O)NN=C2c2cnccn2)c(C(=O)OC)c1CC(=O)OC. The smallest absolute Gasteiger partial charge is 0.340 e. The van der Waals surface area contributed by atoms with Crippen molar-refractivity contribution in [3.05, 3.63) is 46.7 Å². The summed E-state index contributed by atoms with van der Waals surface area (Å²) < 4.78 is 15.1. The number of hydrogen-bond acceptors (Lipinski definition) is 9. The minimum Gasteiger partial charge on any atom is -0.479 e. The maximum Gasteiger partial charge on any atom is 0.340 e. The first-order chi connectivity index (χ1) is 14.5. The fourth-order valence-corrected chi connectivity index (χ4v) is 2.86. The summed E-state index contributed by atoms with van der Waals surface area (Å²) in [6, 6.07) is 0. The molecule has 0 fully saturated rings. The van der Waals surface area contributed by atoms with Gasteiger partial charge in [0.2, 0.25) is 0 Å². The summed E-state index contributed by atoms with van der Waals surface area (Å²) in [5, 5.41) is 4.00. The number of hydrogen-bond donors (Lipinski definition) is 2. The number of esters is 2. The van der Waals surface area contributed by atoms with E-state index in [-0.39, 0.29) is 47.0 Å². The number of carbonyl (C=O) groups excluding carboxylic acids is 3. The van der Waals surface area contributed by atoms with Crippen molar-refractivity contribution in [1.82, 2.24) is 20.4 Å². The zero-order valence-corrected chi connectivity index (χ0v) is 16.5. The van der Waals surface area contributed by atoms with Gasteiger partial charge in [-0.3, -0.25) is 19.6 Å². The van der Waals surface area contributed by atoms with Gasteiger partial charge in [0.05, 0.1) is 50.3 Å². The van der Waals surface area contributed by atoms with E-state index in [1.165, 1.54) is 38.9 Å². The fourth-order valence-electron chi connectivity index (χ4n) is 2.86. The van der Waals surface area contributed by atoms with E-state index in [1.54, 1.807) is 6.92 Å². The lowest BCUT2D eigenvalue weighted by Crippen LogP contribution is -2.15. The summed E-state index contributed by atoms with van der Waals surface area (Å²) >= 11 is 0. The molecule has 0 unspecified atom stereocenters. The van der Waals surface area contributed by atoms with Crippen molar-refractivity contribution < 1.29 is 28.6 Å². The van der Waals surface area contributed by atoms with Crippen LogP contribution in [0.2, 0.25) is 0 Å². The van der Waals surface area contributed by atoms with Crippen molar-refractivity contribution in [2.45, 2.75) is 13.3 Å². The summed E-state index contributed by atoms with van der Waals surface area (Å²) in [4.78, 5) is 47.8. The van der Waals surface area contributed by atoms with E-state index in [1.807, 2.05) is 0 Å². The number of nitrogens with zero attached hydrogens (tertiary/aromatic N) is 3. The van der Waals surface area contributed by atoms with E-state index in [2.05, 4.69) is 25.5 Å². The number of carbonyl (C=O) groups is 3. The van der Waals surface area contributed by atoms with Crippen molar-refractivity contribution in [2.24, 2.45) is 5.10 Å². The zero-order chi connectivity index (χ0) is 21.7. The number of aromatic nitrogens is 3. The van der Waals surface area contributed by atoms with Crippen LogP contribution in [0, 0.1) is 0 Å². The third-order valence-electron chi connectivity index (χ3n) is 4.18. The third kappa shape index (κ3) is 4.04. The largest absolute Gasteiger partial charge is 0.479 e. The molecule has 0 bridgehead atoms. The molecule has 11 nitrogen and oxygen atoms in total. The Hall–Kier alpha value is -4.02. The summed E-state index contributed by atoms with van der Waals surface area (Å²) in [5.41, 5.74) is 3.67. The van der Waals surface area contributed by atoms with E-state index in [0.29, 0.717) is 5.69 Å². The van der Waals surface area contributed by atoms with Gasteiger partial charge in [0.25, 0.3) is 5.91 Å². The van der Waals surface area contributed by atoms with Crippen LogP contribution in [0.15, 0.2) is 29.3 Å². The van der Waals surface area contributed by atoms with Crippen molar-refractivity contribution in [1.29, 1.82) is 0 Å². The molecule has 0 atom stereocenters. The Kier molecular flexibility index (Phi) is 6.20. The Bertz CT molecular complexity index is 1040. The molecule has 3 heterocycles. The van der Waals surface area contributed by atoms with Gasteiger partial charge in [0, 0.05) is 18.0 Å². The van der Waals surface area contributed by atoms with Crippen LogP contribution in [0.25, 0.3) is 6.08 Å². The molecule has 0 radical (unpaired) electrons. The molecule has 0 spiro atoms. The highest BCUT2D eigenvalue weighted by Gasteiger charge is 2.30. The van der Waals surface area contributed by atoms with E-state index in [4.69, 9.17) is 14.2 Å². The van der Waals surface area contributed by atoms with Crippen LogP contribution in [0.3, 0.4) is 0 Å². The molecule has 2 aromatic heterocycles. The van der Waals surface area contributed by atoms with Gasteiger partial charge in [-0.25, -0.2) is 10.2 Å². The molecule has 2 aromatic rings. The van der Waals surface area contributed by atoms with Gasteiger partial charge in [0.15, 0.2) is 5.88 Å². The average molecular weight is 413 g/mol. The molecule has 0 aliphatic carbocycles. The minimum absolute atomic E-state index is 0.0528. The zero-order valence-electron chi connectivity index (χ0n) is 16.5. The first kappa shape index (κ1) is 20.7.